The van der Waals surface area contributed by atoms with E-state index in [0.29, 0.717) is 22.9 Å². The molecule has 0 N–H and O–H groups in total. The SMILES string of the molecule is c1cnc2nc(-c3ccc4c(c3)OCO4)oc2c1. The highest BCUT2D eigenvalue weighted by molar-refractivity contribution is 5.72. The van der Waals surface area contributed by atoms with Gasteiger partial charge in [-0.3, -0.25) is 0 Å². The average Bonchev–Trinajstić information content (AvgIpc) is 3.04. The highest BCUT2D eigenvalue weighted by Crippen LogP contribution is 2.36. The van der Waals surface area contributed by atoms with E-state index in [0.717, 1.165) is 11.3 Å². The summed E-state index contributed by atoms with van der Waals surface area (Å²) in [4.78, 5) is 8.47. The van der Waals surface area contributed by atoms with Crippen LogP contribution < -0.4 is 9.47 Å². The first kappa shape index (κ1) is 9.47. The maximum atomic E-state index is 5.64. The van der Waals surface area contributed by atoms with E-state index >= 15 is 0 Å². The van der Waals surface area contributed by atoms with Gasteiger partial charge in [0.15, 0.2) is 22.7 Å². The van der Waals surface area contributed by atoms with Crippen LogP contribution in [0.5, 0.6) is 11.5 Å². The van der Waals surface area contributed by atoms with E-state index in [2.05, 4.69) is 9.97 Å². The van der Waals surface area contributed by atoms with Crippen LogP contribution in [0.15, 0.2) is 40.9 Å². The predicted octanol–water partition coefficient (Wildman–Crippen LogP) is 2.62. The molecule has 3 aromatic rings. The molecule has 5 nitrogen and oxygen atoms in total. The average molecular weight is 240 g/mol. The Balaban J connectivity index is 1.86. The van der Waals surface area contributed by atoms with E-state index in [1.54, 1.807) is 6.20 Å². The second-order valence-electron chi connectivity index (χ2n) is 3.91. The lowest BCUT2D eigenvalue weighted by Crippen LogP contribution is -1.92. The van der Waals surface area contributed by atoms with Gasteiger partial charge in [-0.2, -0.15) is 4.98 Å². The van der Waals surface area contributed by atoms with Gasteiger partial charge in [0.1, 0.15) is 0 Å². The topological polar surface area (TPSA) is 57.4 Å². The Bertz CT molecular complexity index is 703. The summed E-state index contributed by atoms with van der Waals surface area (Å²) in [6.07, 6.45) is 1.69. The van der Waals surface area contributed by atoms with Gasteiger partial charge in [0.2, 0.25) is 12.7 Å². The van der Waals surface area contributed by atoms with Crippen molar-refractivity contribution in [2.24, 2.45) is 0 Å². The van der Waals surface area contributed by atoms with Gasteiger partial charge in [-0.05, 0) is 30.3 Å². The number of benzene rings is 1. The number of fused-ring (bicyclic) bond motifs is 2. The van der Waals surface area contributed by atoms with Gasteiger partial charge in [0.05, 0.1) is 0 Å². The Hall–Kier alpha value is -2.56. The number of hydrogen-bond donors (Lipinski definition) is 0. The quantitative estimate of drug-likeness (QED) is 0.654. The van der Waals surface area contributed by atoms with Crippen molar-refractivity contribution in [2.75, 3.05) is 6.79 Å². The fraction of sp³-hybridized carbons (Fsp3) is 0.0769. The summed E-state index contributed by atoms with van der Waals surface area (Å²) in [5.74, 6) is 1.98. The van der Waals surface area contributed by atoms with Crippen molar-refractivity contribution < 1.29 is 13.9 Å². The van der Waals surface area contributed by atoms with Crippen LogP contribution in [0.3, 0.4) is 0 Å². The second kappa shape index (κ2) is 3.46. The van der Waals surface area contributed by atoms with Gasteiger partial charge in [-0.15, -0.1) is 0 Å². The van der Waals surface area contributed by atoms with Crippen LogP contribution in [0.25, 0.3) is 22.7 Å². The highest BCUT2D eigenvalue weighted by atomic mass is 16.7. The Morgan fingerprint density at radius 1 is 1.06 bits per heavy atom. The van der Waals surface area contributed by atoms with Gasteiger partial charge in [0.25, 0.3) is 0 Å². The maximum Gasteiger partial charge on any atom is 0.231 e. The van der Waals surface area contributed by atoms with E-state index in [9.17, 15) is 0 Å². The standard InChI is InChI=1S/C13H8N2O3/c1-2-10-12(14-5-1)15-13(18-10)8-3-4-9-11(6-8)17-7-16-9/h1-6H,7H2. The molecule has 88 valence electrons. The van der Waals surface area contributed by atoms with E-state index in [4.69, 9.17) is 13.9 Å². The van der Waals surface area contributed by atoms with E-state index in [1.807, 2.05) is 30.3 Å². The van der Waals surface area contributed by atoms with Gasteiger partial charge in [-0.1, -0.05) is 0 Å². The lowest BCUT2D eigenvalue weighted by Gasteiger charge is -1.97. The minimum atomic E-state index is 0.258. The zero-order valence-electron chi connectivity index (χ0n) is 9.29. The predicted molar refractivity (Wildman–Crippen MR) is 63.4 cm³/mol. The number of oxazole rings is 1. The molecule has 0 fully saturated rings. The summed E-state index contributed by atoms with van der Waals surface area (Å²) in [5, 5.41) is 0. The van der Waals surface area contributed by atoms with Crippen LogP contribution >= 0.6 is 0 Å². The molecule has 0 saturated carbocycles. The van der Waals surface area contributed by atoms with E-state index < -0.39 is 0 Å². The lowest BCUT2D eigenvalue weighted by molar-refractivity contribution is 0.174. The van der Waals surface area contributed by atoms with Crippen LogP contribution in [0.4, 0.5) is 0 Å². The smallest absolute Gasteiger partial charge is 0.231 e. The molecule has 1 aliphatic rings. The summed E-state index contributed by atoms with van der Waals surface area (Å²) in [6, 6.07) is 9.24. The van der Waals surface area contributed by atoms with E-state index in [1.165, 1.54) is 0 Å². The van der Waals surface area contributed by atoms with Gasteiger partial charge < -0.3 is 13.9 Å². The largest absolute Gasteiger partial charge is 0.454 e. The minimum Gasteiger partial charge on any atom is -0.454 e. The molecule has 0 aliphatic carbocycles. The van der Waals surface area contributed by atoms with Crippen LogP contribution in [0.1, 0.15) is 0 Å². The lowest BCUT2D eigenvalue weighted by atomic mass is 10.2. The molecule has 18 heavy (non-hydrogen) atoms. The summed E-state index contributed by atoms with van der Waals surface area (Å²) in [7, 11) is 0. The van der Waals surface area contributed by atoms with E-state index in [-0.39, 0.29) is 6.79 Å². The van der Waals surface area contributed by atoms with Crippen molar-refractivity contribution in [3.63, 3.8) is 0 Å². The molecule has 0 radical (unpaired) electrons. The Labute approximate surface area is 102 Å². The molecule has 0 atom stereocenters. The number of rotatable bonds is 1. The van der Waals surface area contributed by atoms with Crippen LogP contribution in [0.2, 0.25) is 0 Å². The number of pyridine rings is 1. The molecule has 4 rings (SSSR count). The summed E-state index contributed by atoms with van der Waals surface area (Å²) in [5.41, 5.74) is 2.12. The molecular weight excluding hydrogens is 232 g/mol. The molecule has 0 bridgehead atoms. The molecule has 0 spiro atoms. The van der Waals surface area contributed by atoms with Crippen molar-refractivity contribution in [2.45, 2.75) is 0 Å². The Morgan fingerprint density at radius 3 is 2.94 bits per heavy atom. The first-order chi connectivity index (χ1) is 8.90. The fourth-order valence-electron chi connectivity index (χ4n) is 1.92. The summed E-state index contributed by atoms with van der Waals surface area (Å²) >= 11 is 0. The third kappa shape index (κ3) is 1.34. The number of nitrogens with zero attached hydrogens (tertiary/aromatic N) is 2. The zero-order valence-corrected chi connectivity index (χ0v) is 9.29. The monoisotopic (exact) mass is 240 g/mol. The Kier molecular flexibility index (Phi) is 1.82. The molecule has 0 unspecified atom stereocenters. The first-order valence-corrected chi connectivity index (χ1v) is 5.52. The van der Waals surface area contributed by atoms with Crippen molar-refractivity contribution in [1.29, 1.82) is 0 Å². The number of hydrogen-bond acceptors (Lipinski definition) is 5. The van der Waals surface area contributed by atoms with Gasteiger partial charge in [0, 0.05) is 11.8 Å². The van der Waals surface area contributed by atoms with Crippen molar-refractivity contribution in [3.05, 3.63) is 36.5 Å². The van der Waals surface area contributed by atoms with Crippen molar-refractivity contribution in [1.82, 2.24) is 9.97 Å². The molecule has 3 heterocycles. The van der Waals surface area contributed by atoms with Gasteiger partial charge in [-0.25, -0.2) is 4.98 Å². The summed E-state index contributed by atoms with van der Waals surface area (Å²) < 4.78 is 16.2. The molecule has 0 amide bonds. The highest BCUT2D eigenvalue weighted by Gasteiger charge is 2.16. The molecular formula is C13H8N2O3. The zero-order chi connectivity index (χ0) is 11.9. The van der Waals surface area contributed by atoms with Crippen LogP contribution in [-0.2, 0) is 0 Å². The third-order valence-corrected chi connectivity index (χ3v) is 2.78. The van der Waals surface area contributed by atoms with Crippen molar-refractivity contribution in [3.8, 4) is 23.0 Å². The maximum absolute atomic E-state index is 5.64. The number of aromatic nitrogens is 2. The molecule has 2 aromatic heterocycles. The fourth-order valence-corrected chi connectivity index (χ4v) is 1.92. The minimum absolute atomic E-state index is 0.258. The van der Waals surface area contributed by atoms with Gasteiger partial charge >= 0.3 is 0 Å². The summed E-state index contributed by atoms with van der Waals surface area (Å²) in [6.45, 7) is 0.258. The first-order valence-electron chi connectivity index (χ1n) is 5.52. The molecule has 1 aliphatic heterocycles. The third-order valence-electron chi connectivity index (χ3n) is 2.78. The number of ether oxygens (including phenoxy) is 2. The Morgan fingerprint density at radius 2 is 2.00 bits per heavy atom. The normalized spacial score (nSPS) is 13.1. The van der Waals surface area contributed by atoms with Crippen LogP contribution in [0, 0.1) is 0 Å². The second-order valence-corrected chi connectivity index (χ2v) is 3.91. The molecule has 5 heteroatoms. The van der Waals surface area contributed by atoms with Crippen LogP contribution in [-0.4, -0.2) is 16.8 Å². The molecule has 1 aromatic carbocycles. The van der Waals surface area contributed by atoms with Crippen molar-refractivity contribution >= 4 is 11.2 Å². The molecule has 0 saturated heterocycles.